The van der Waals surface area contributed by atoms with Crippen LogP contribution >= 0.6 is 0 Å². The summed E-state index contributed by atoms with van der Waals surface area (Å²) in [7, 11) is 1.84. The molecule has 0 aliphatic rings. The van der Waals surface area contributed by atoms with Crippen molar-refractivity contribution in [2.75, 3.05) is 0 Å². The maximum Gasteiger partial charge on any atom is 0.418 e. The fraction of sp³-hybridized carbons (Fsp3) is 0.208. The zero-order chi connectivity index (χ0) is 24.3. The molecule has 0 N–H and O–H groups in total. The average molecular weight is 474 g/mol. The van der Waals surface area contributed by atoms with Gasteiger partial charge in [0.15, 0.2) is 0 Å². The minimum Gasteiger partial charge on any atom is -0.331 e. The Hall–Kier alpha value is -3.69. The van der Waals surface area contributed by atoms with Crippen LogP contribution in [0.1, 0.15) is 22.6 Å². The monoisotopic (exact) mass is 474 g/mol. The standard InChI is InChI=1S/C24H16F6N4/c1-34-18-10-6-13-4-2-3-5-15(13)20(18)33-19(34)11-7-14-12-31-21-16(23(25,26)27)8-9-17(22(21)32-14)24(28,29)30/h2-6,8-10,12H,7,11H2,1H3. The molecule has 0 radical (unpaired) electrons. The van der Waals surface area contributed by atoms with Crippen molar-refractivity contribution < 1.29 is 26.3 Å². The topological polar surface area (TPSA) is 43.6 Å². The van der Waals surface area contributed by atoms with Crippen LogP contribution in [0.5, 0.6) is 0 Å². The Balaban J connectivity index is 1.54. The van der Waals surface area contributed by atoms with Crippen molar-refractivity contribution in [3.8, 4) is 0 Å². The Kier molecular flexibility index (Phi) is 5.00. The summed E-state index contributed by atoms with van der Waals surface area (Å²) in [5.74, 6) is 0.674. The number of benzene rings is 3. The molecule has 5 aromatic rings. The number of fused-ring (bicyclic) bond motifs is 4. The molecule has 5 rings (SSSR count). The van der Waals surface area contributed by atoms with Gasteiger partial charge in [0.1, 0.15) is 16.9 Å². The summed E-state index contributed by atoms with van der Waals surface area (Å²) in [5, 5.41) is 2.00. The van der Waals surface area contributed by atoms with Crippen LogP contribution in [0.25, 0.3) is 32.8 Å². The highest BCUT2D eigenvalue weighted by Gasteiger charge is 2.39. The number of rotatable bonds is 3. The van der Waals surface area contributed by atoms with E-state index in [-0.39, 0.29) is 12.1 Å². The Morgan fingerprint density at radius 3 is 2.12 bits per heavy atom. The average Bonchev–Trinajstić information content (AvgIpc) is 3.11. The number of hydrogen-bond acceptors (Lipinski definition) is 3. The molecule has 0 aliphatic carbocycles. The van der Waals surface area contributed by atoms with Crippen molar-refractivity contribution in [1.82, 2.24) is 19.5 Å². The molecule has 3 aromatic carbocycles. The summed E-state index contributed by atoms with van der Waals surface area (Å²) in [4.78, 5) is 12.4. The van der Waals surface area contributed by atoms with Crippen LogP contribution in [0.15, 0.2) is 54.7 Å². The molecule has 2 aromatic heterocycles. The molecule has 0 fully saturated rings. The summed E-state index contributed by atoms with van der Waals surface area (Å²) in [6.07, 6.45) is -8.15. The van der Waals surface area contributed by atoms with E-state index in [9.17, 15) is 26.3 Å². The molecular formula is C24H16F6N4. The number of alkyl halides is 6. The Morgan fingerprint density at radius 2 is 1.41 bits per heavy atom. The third-order valence-electron chi connectivity index (χ3n) is 5.83. The van der Waals surface area contributed by atoms with Gasteiger partial charge in [0.2, 0.25) is 0 Å². The van der Waals surface area contributed by atoms with E-state index < -0.39 is 34.5 Å². The molecule has 2 heterocycles. The molecule has 34 heavy (non-hydrogen) atoms. The van der Waals surface area contributed by atoms with Crippen LogP contribution in [0, 0.1) is 0 Å². The SMILES string of the molecule is Cn1c(CCc2cnc3c(C(F)(F)F)ccc(C(F)(F)F)c3n2)nc2c3ccccc3ccc21. The van der Waals surface area contributed by atoms with Crippen molar-refractivity contribution in [1.29, 1.82) is 0 Å². The van der Waals surface area contributed by atoms with Crippen molar-refractivity contribution in [2.24, 2.45) is 7.05 Å². The molecule has 10 heteroatoms. The summed E-state index contributed by atoms with van der Waals surface area (Å²) in [6, 6.07) is 12.5. The lowest BCUT2D eigenvalue weighted by molar-refractivity contribution is -0.139. The van der Waals surface area contributed by atoms with Crippen LogP contribution in [0.4, 0.5) is 26.3 Å². The van der Waals surface area contributed by atoms with Gasteiger partial charge in [-0.05, 0) is 30.0 Å². The van der Waals surface area contributed by atoms with E-state index in [1.54, 1.807) is 0 Å². The Bertz CT molecular complexity index is 1550. The first-order valence-corrected chi connectivity index (χ1v) is 10.3. The highest BCUT2D eigenvalue weighted by atomic mass is 19.4. The maximum absolute atomic E-state index is 13.5. The Morgan fingerprint density at radius 1 is 0.735 bits per heavy atom. The first-order chi connectivity index (χ1) is 16.0. The van der Waals surface area contributed by atoms with Crippen LogP contribution in [-0.4, -0.2) is 19.5 Å². The first kappa shape index (κ1) is 22.1. The number of imidazole rings is 1. The van der Waals surface area contributed by atoms with E-state index in [0.29, 0.717) is 24.4 Å². The fourth-order valence-electron chi connectivity index (χ4n) is 4.15. The first-order valence-electron chi connectivity index (χ1n) is 10.3. The van der Waals surface area contributed by atoms with Crippen LogP contribution in [-0.2, 0) is 32.2 Å². The van der Waals surface area contributed by atoms with Gasteiger partial charge in [0.05, 0.1) is 27.9 Å². The van der Waals surface area contributed by atoms with Crippen LogP contribution in [0.3, 0.4) is 0 Å². The molecule has 0 saturated carbocycles. The van der Waals surface area contributed by atoms with Crippen molar-refractivity contribution in [3.05, 3.63) is 77.4 Å². The van der Waals surface area contributed by atoms with Gasteiger partial charge in [-0.25, -0.2) is 9.97 Å². The quantitative estimate of drug-likeness (QED) is 0.281. The van der Waals surface area contributed by atoms with Gasteiger partial charge in [-0.1, -0.05) is 30.3 Å². The summed E-state index contributed by atoms with van der Waals surface area (Å²) >= 11 is 0. The lowest BCUT2D eigenvalue weighted by Crippen LogP contribution is -2.13. The van der Waals surface area contributed by atoms with Crippen LogP contribution in [0.2, 0.25) is 0 Å². The van der Waals surface area contributed by atoms with Crippen molar-refractivity contribution >= 4 is 32.8 Å². The number of aromatic nitrogens is 4. The second kappa shape index (κ2) is 7.68. The summed E-state index contributed by atoms with van der Waals surface area (Å²) in [5.41, 5.74) is -2.29. The predicted molar refractivity (Wildman–Crippen MR) is 115 cm³/mol. The van der Waals surface area contributed by atoms with E-state index >= 15 is 0 Å². The largest absolute Gasteiger partial charge is 0.418 e. The lowest BCUT2D eigenvalue weighted by Gasteiger charge is -2.14. The fourth-order valence-corrected chi connectivity index (χ4v) is 4.15. The Labute approximate surface area is 188 Å². The highest BCUT2D eigenvalue weighted by molar-refractivity contribution is 6.04. The smallest absolute Gasteiger partial charge is 0.331 e. The molecule has 4 nitrogen and oxygen atoms in total. The maximum atomic E-state index is 13.5. The molecule has 0 bridgehead atoms. The van der Waals surface area contributed by atoms with Gasteiger partial charge >= 0.3 is 12.4 Å². The van der Waals surface area contributed by atoms with Gasteiger partial charge < -0.3 is 4.57 Å². The van der Waals surface area contributed by atoms with E-state index in [1.165, 1.54) is 0 Å². The zero-order valence-corrected chi connectivity index (χ0v) is 17.7. The minimum absolute atomic E-state index is 0.147. The summed E-state index contributed by atoms with van der Waals surface area (Å²) in [6.45, 7) is 0. The normalized spacial score (nSPS) is 12.8. The molecule has 0 atom stereocenters. The van der Waals surface area contributed by atoms with Crippen LogP contribution < -0.4 is 0 Å². The van der Waals surface area contributed by atoms with E-state index in [1.807, 2.05) is 48.0 Å². The van der Waals surface area contributed by atoms with Crippen molar-refractivity contribution in [2.45, 2.75) is 25.2 Å². The third kappa shape index (κ3) is 3.72. The number of hydrogen-bond donors (Lipinski definition) is 0. The number of nitrogens with zero attached hydrogens (tertiary/aromatic N) is 4. The van der Waals surface area contributed by atoms with Gasteiger partial charge in [-0.2, -0.15) is 26.3 Å². The van der Waals surface area contributed by atoms with E-state index in [4.69, 9.17) is 4.98 Å². The van der Waals surface area contributed by atoms with Gasteiger partial charge in [0.25, 0.3) is 0 Å². The zero-order valence-electron chi connectivity index (χ0n) is 17.7. The van der Waals surface area contributed by atoms with E-state index in [2.05, 4.69) is 9.97 Å². The van der Waals surface area contributed by atoms with Gasteiger partial charge in [0, 0.05) is 25.1 Å². The molecule has 0 spiro atoms. The number of halogens is 6. The van der Waals surface area contributed by atoms with Gasteiger partial charge in [-0.15, -0.1) is 0 Å². The lowest BCUT2D eigenvalue weighted by atomic mass is 10.1. The summed E-state index contributed by atoms with van der Waals surface area (Å²) < 4.78 is 82.2. The molecule has 0 amide bonds. The third-order valence-corrected chi connectivity index (χ3v) is 5.83. The predicted octanol–water partition coefficient (Wildman–Crippen LogP) is 6.49. The molecule has 0 aliphatic heterocycles. The molecule has 0 saturated heterocycles. The number of aryl methyl sites for hydroxylation is 3. The molecule has 0 unspecified atom stereocenters. The molecular weight excluding hydrogens is 458 g/mol. The van der Waals surface area contributed by atoms with Crippen molar-refractivity contribution in [3.63, 3.8) is 0 Å². The second-order valence-corrected chi connectivity index (χ2v) is 7.96. The minimum atomic E-state index is -4.87. The second-order valence-electron chi connectivity index (χ2n) is 7.96. The molecule has 174 valence electrons. The highest BCUT2D eigenvalue weighted by Crippen LogP contribution is 2.39. The van der Waals surface area contributed by atoms with Gasteiger partial charge in [-0.3, -0.25) is 4.98 Å². The van der Waals surface area contributed by atoms with E-state index in [0.717, 1.165) is 28.0 Å².